The van der Waals surface area contributed by atoms with Crippen molar-refractivity contribution in [2.75, 3.05) is 13.1 Å². The van der Waals surface area contributed by atoms with Crippen molar-refractivity contribution in [2.24, 2.45) is 0 Å². The van der Waals surface area contributed by atoms with Gasteiger partial charge in [-0.3, -0.25) is 14.3 Å². The number of H-pyrrole nitrogens is 1. The number of benzene rings is 2. The predicted octanol–water partition coefficient (Wildman–Crippen LogP) is 4.10. The van der Waals surface area contributed by atoms with E-state index in [9.17, 15) is 9.59 Å². The van der Waals surface area contributed by atoms with Gasteiger partial charge in [-0.2, -0.15) is 0 Å². The number of aromatic nitrogens is 4. The van der Waals surface area contributed by atoms with E-state index in [1.165, 1.54) is 16.7 Å². The largest absolute Gasteiger partial charge is 0.360 e. The molecule has 1 saturated heterocycles. The molecule has 1 aliphatic rings. The fourth-order valence-electron chi connectivity index (χ4n) is 3.71. The monoisotopic (exact) mass is 466 g/mol. The normalized spacial score (nSPS) is 14.7. The lowest BCUT2D eigenvalue weighted by Crippen LogP contribution is -2.39. The summed E-state index contributed by atoms with van der Waals surface area (Å²) < 4.78 is 1.91. The summed E-state index contributed by atoms with van der Waals surface area (Å²) in [5.74, 6) is 0.384. The number of imide groups is 1. The van der Waals surface area contributed by atoms with Gasteiger partial charge in [-0.15, -0.1) is 10.2 Å². The molecule has 5 rings (SSSR count). The van der Waals surface area contributed by atoms with Crippen LogP contribution in [0.15, 0.2) is 59.9 Å². The molecule has 3 heterocycles. The van der Waals surface area contributed by atoms with Crippen molar-refractivity contribution >= 4 is 46.2 Å². The molecule has 2 N–H and O–H groups in total. The summed E-state index contributed by atoms with van der Waals surface area (Å²) in [5, 5.41) is 13.2. The quantitative estimate of drug-likeness (QED) is 0.432. The minimum Gasteiger partial charge on any atom is -0.360 e. The van der Waals surface area contributed by atoms with Crippen molar-refractivity contribution in [1.82, 2.24) is 30.0 Å². The smallest absolute Gasteiger partial charge is 0.324 e. The van der Waals surface area contributed by atoms with Crippen LogP contribution in [-0.4, -0.2) is 54.9 Å². The zero-order valence-corrected chi connectivity index (χ0v) is 18.7. The summed E-state index contributed by atoms with van der Waals surface area (Å²) in [6, 6.07) is 15.0. The molecule has 4 aromatic rings. The number of carbonyl (C=O) groups is 2. The third-order valence-corrected chi connectivity index (χ3v) is 6.58. The highest BCUT2D eigenvalue weighted by molar-refractivity contribution is 8.00. The van der Waals surface area contributed by atoms with E-state index in [0.717, 1.165) is 22.2 Å². The summed E-state index contributed by atoms with van der Waals surface area (Å²) >= 11 is 7.37. The number of carbonyl (C=O) groups excluding carboxylic acids is 2. The number of nitrogens with zero attached hydrogens (tertiary/aromatic N) is 4. The van der Waals surface area contributed by atoms with E-state index in [0.29, 0.717) is 29.1 Å². The minimum absolute atomic E-state index is 0.260. The maximum atomic E-state index is 12.8. The molecule has 1 atom stereocenters. The zero-order chi connectivity index (χ0) is 22.2. The first-order chi connectivity index (χ1) is 15.5. The van der Waals surface area contributed by atoms with Crippen molar-refractivity contribution in [3.05, 3.63) is 59.8 Å². The van der Waals surface area contributed by atoms with Crippen molar-refractivity contribution in [3.63, 3.8) is 0 Å². The van der Waals surface area contributed by atoms with Crippen molar-refractivity contribution in [3.8, 4) is 17.1 Å². The molecule has 8 nitrogen and oxygen atoms in total. The van der Waals surface area contributed by atoms with Gasteiger partial charge in [0.05, 0.1) is 5.25 Å². The van der Waals surface area contributed by atoms with Gasteiger partial charge in [-0.05, 0) is 37.3 Å². The molecule has 1 fully saturated rings. The van der Waals surface area contributed by atoms with Crippen LogP contribution in [-0.2, 0) is 4.79 Å². The lowest BCUT2D eigenvalue weighted by Gasteiger charge is -2.17. The van der Waals surface area contributed by atoms with Crippen LogP contribution < -0.4 is 5.32 Å². The second-order valence-corrected chi connectivity index (χ2v) is 9.09. The molecule has 1 aliphatic heterocycles. The van der Waals surface area contributed by atoms with Gasteiger partial charge in [0.25, 0.3) is 0 Å². The molecule has 0 saturated carbocycles. The van der Waals surface area contributed by atoms with Crippen LogP contribution >= 0.6 is 23.4 Å². The predicted molar refractivity (Wildman–Crippen MR) is 124 cm³/mol. The Bertz CT molecular complexity index is 1320. The minimum atomic E-state index is -0.523. The Labute approximate surface area is 193 Å². The molecule has 10 heteroatoms. The summed E-state index contributed by atoms with van der Waals surface area (Å²) in [7, 11) is 0. The Morgan fingerprint density at radius 2 is 1.94 bits per heavy atom. The van der Waals surface area contributed by atoms with Gasteiger partial charge in [0.1, 0.15) is 0 Å². The summed E-state index contributed by atoms with van der Waals surface area (Å²) in [4.78, 5) is 29.2. The number of nitrogens with one attached hydrogen (secondary N) is 2. The molecule has 0 aliphatic carbocycles. The number of rotatable bonds is 5. The third-order valence-electron chi connectivity index (χ3n) is 5.30. The van der Waals surface area contributed by atoms with Gasteiger partial charge in [-0.25, -0.2) is 4.79 Å². The Morgan fingerprint density at radius 1 is 1.16 bits per heavy atom. The molecule has 0 spiro atoms. The molecule has 162 valence electrons. The number of hydrogen-bond donors (Lipinski definition) is 2. The Hall–Kier alpha value is -3.30. The number of fused-ring (bicyclic) bond motifs is 1. The molecule has 32 heavy (non-hydrogen) atoms. The lowest BCUT2D eigenvalue weighted by molar-refractivity contribution is -0.126. The molecule has 3 amide bonds. The standard InChI is InChI=1S/C22H19ClN6O2S/c1-13(20(30)28-11-10-24-21(28)31)32-22-27-26-19(29(22)15-8-6-14(23)7-9-15)17-12-25-18-5-3-2-4-16(17)18/h2-9,12-13,25H,10-11H2,1H3,(H,24,31)/t13-/m1/s1. The van der Waals surface area contributed by atoms with E-state index in [-0.39, 0.29) is 11.9 Å². The maximum absolute atomic E-state index is 12.8. The van der Waals surface area contributed by atoms with Gasteiger partial charge in [-0.1, -0.05) is 41.6 Å². The molecule has 0 radical (unpaired) electrons. The molecule has 0 bridgehead atoms. The Balaban J connectivity index is 1.56. The average Bonchev–Trinajstić information content (AvgIpc) is 3.52. The first-order valence-electron chi connectivity index (χ1n) is 10.1. The highest BCUT2D eigenvalue weighted by Crippen LogP contribution is 2.34. The topological polar surface area (TPSA) is 95.9 Å². The SMILES string of the molecule is C[C@@H](Sc1nnc(-c2c[nH]c3ccccc23)n1-c1ccc(Cl)cc1)C(=O)N1CCNC1=O. The van der Waals surface area contributed by atoms with Crippen LogP contribution in [0, 0.1) is 0 Å². The molecule has 2 aromatic heterocycles. The van der Waals surface area contributed by atoms with E-state index in [2.05, 4.69) is 20.5 Å². The summed E-state index contributed by atoms with van der Waals surface area (Å²) in [5.41, 5.74) is 2.71. The van der Waals surface area contributed by atoms with Crippen LogP contribution in [0.4, 0.5) is 4.79 Å². The number of amides is 3. The van der Waals surface area contributed by atoms with Crippen molar-refractivity contribution in [2.45, 2.75) is 17.3 Å². The second kappa shape index (κ2) is 8.33. The molecular weight excluding hydrogens is 448 g/mol. The third kappa shape index (κ3) is 3.63. The second-order valence-electron chi connectivity index (χ2n) is 7.35. The van der Waals surface area contributed by atoms with Crippen LogP contribution in [0.25, 0.3) is 28.0 Å². The number of thioether (sulfide) groups is 1. The number of aromatic amines is 1. The van der Waals surface area contributed by atoms with Gasteiger partial charge in [0, 0.05) is 46.5 Å². The van der Waals surface area contributed by atoms with Crippen LogP contribution in [0.5, 0.6) is 0 Å². The number of para-hydroxylation sites is 1. The van der Waals surface area contributed by atoms with Crippen molar-refractivity contribution < 1.29 is 9.59 Å². The Morgan fingerprint density at radius 3 is 2.69 bits per heavy atom. The van der Waals surface area contributed by atoms with Crippen LogP contribution in [0.3, 0.4) is 0 Å². The summed E-state index contributed by atoms with van der Waals surface area (Å²) in [6.45, 7) is 2.60. The van der Waals surface area contributed by atoms with E-state index < -0.39 is 5.25 Å². The first kappa shape index (κ1) is 20.6. The van der Waals surface area contributed by atoms with Crippen molar-refractivity contribution in [1.29, 1.82) is 0 Å². The number of urea groups is 1. The highest BCUT2D eigenvalue weighted by Gasteiger charge is 2.31. The number of halogens is 1. The zero-order valence-electron chi connectivity index (χ0n) is 17.1. The highest BCUT2D eigenvalue weighted by atomic mass is 35.5. The maximum Gasteiger partial charge on any atom is 0.324 e. The summed E-state index contributed by atoms with van der Waals surface area (Å²) in [6.07, 6.45) is 1.90. The van der Waals surface area contributed by atoms with E-state index in [4.69, 9.17) is 11.6 Å². The Kier molecular flexibility index (Phi) is 5.36. The fraction of sp³-hybridized carbons (Fsp3) is 0.182. The van der Waals surface area contributed by atoms with E-state index in [1.807, 2.05) is 47.2 Å². The van der Waals surface area contributed by atoms with Gasteiger partial charge >= 0.3 is 6.03 Å². The fourth-order valence-corrected chi connectivity index (χ4v) is 4.77. The number of hydrogen-bond acceptors (Lipinski definition) is 5. The van der Waals surface area contributed by atoms with E-state index >= 15 is 0 Å². The van der Waals surface area contributed by atoms with Crippen LogP contribution in [0.1, 0.15) is 6.92 Å². The average molecular weight is 467 g/mol. The van der Waals surface area contributed by atoms with Gasteiger partial charge < -0.3 is 10.3 Å². The van der Waals surface area contributed by atoms with Gasteiger partial charge in [0.2, 0.25) is 5.91 Å². The van der Waals surface area contributed by atoms with Gasteiger partial charge in [0.15, 0.2) is 11.0 Å². The first-order valence-corrected chi connectivity index (χ1v) is 11.3. The molecule has 2 aromatic carbocycles. The molecule has 0 unspecified atom stereocenters. The molecular formula is C22H19ClN6O2S. The van der Waals surface area contributed by atoms with Crippen LogP contribution in [0.2, 0.25) is 5.02 Å². The lowest BCUT2D eigenvalue weighted by atomic mass is 10.1. The van der Waals surface area contributed by atoms with E-state index in [1.54, 1.807) is 19.1 Å².